The molecule has 0 bridgehead atoms. The van der Waals surface area contributed by atoms with Crippen LogP contribution in [-0.4, -0.2) is 31.2 Å². The summed E-state index contributed by atoms with van der Waals surface area (Å²) in [6, 6.07) is 11.7. The number of halogens is 2. The highest BCUT2D eigenvalue weighted by molar-refractivity contribution is 9.11. The SMILES string of the molecule is COc1c(Br)cc(Br)cc1C=CC(=O)NC(=S)Nc1ccccc1N1CCCC1. The van der Waals surface area contributed by atoms with Crippen LogP contribution < -0.4 is 20.3 Å². The quantitative estimate of drug-likeness (QED) is 0.397. The zero-order chi connectivity index (χ0) is 20.8. The van der Waals surface area contributed by atoms with Crippen molar-refractivity contribution in [1.29, 1.82) is 0 Å². The molecule has 0 atom stereocenters. The van der Waals surface area contributed by atoms with Crippen LogP contribution in [0.1, 0.15) is 18.4 Å². The summed E-state index contributed by atoms with van der Waals surface area (Å²) < 4.78 is 7.06. The van der Waals surface area contributed by atoms with Gasteiger partial charge in [-0.1, -0.05) is 28.1 Å². The van der Waals surface area contributed by atoms with Gasteiger partial charge in [-0.05, 0) is 71.3 Å². The van der Waals surface area contributed by atoms with E-state index in [1.54, 1.807) is 13.2 Å². The van der Waals surface area contributed by atoms with Crippen LogP contribution in [0.2, 0.25) is 0 Å². The van der Waals surface area contributed by atoms with Crippen LogP contribution in [-0.2, 0) is 4.79 Å². The van der Waals surface area contributed by atoms with Gasteiger partial charge in [-0.15, -0.1) is 0 Å². The fourth-order valence-electron chi connectivity index (χ4n) is 3.21. The van der Waals surface area contributed by atoms with E-state index in [1.807, 2.05) is 30.3 Å². The Kier molecular flexibility index (Phi) is 7.69. The topological polar surface area (TPSA) is 53.6 Å². The maximum Gasteiger partial charge on any atom is 0.250 e. The largest absolute Gasteiger partial charge is 0.495 e. The summed E-state index contributed by atoms with van der Waals surface area (Å²) >= 11 is 12.2. The van der Waals surface area contributed by atoms with Gasteiger partial charge in [0, 0.05) is 29.2 Å². The standard InChI is InChI=1S/C21H21Br2N3O2S/c1-28-20-14(12-15(22)13-16(20)23)8-9-19(27)25-21(29)24-17-6-2-3-7-18(17)26-10-4-5-11-26/h2-3,6-9,12-13H,4-5,10-11H2,1H3,(H2,24,25,27,29). The minimum atomic E-state index is -0.320. The van der Waals surface area contributed by atoms with Crippen LogP contribution in [0.3, 0.4) is 0 Å². The maximum absolute atomic E-state index is 12.3. The fourth-order valence-corrected chi connectivity index (χ4v) is 4.84. The van der Waals surface area contributed by atoms with Gasteiger partial charge in [0.1, 0.15) is 5.75 Å². The van der Waals surface area contributed by atoms with E-state index >= 15 is 0 Å². The lowest BCUT2D eigenvalue weighted by Gasteiger charge is -2.22. The van der Waals surface area contributed by atoms with Crippen molar-refractivity contribution in [2.45, 2.75) is 12.8 Å². The Balaban J connectivity index is 1.65. The van der Waals surface area contributed by atoms with E-state index < -0.39 is 0 Å². The zero-order valence-corrected chi connectivity index (χ0v) is 19.9. The molecule has 0 aliphatic carbocycles. The Hall–Kier alpha value is -1.90. The average Bonchev–Trinajstić information content (AvgIpc) is 3.21. The number of hydrogen-bond acceptors (Lipinski definition) is 4. The number of ether oxygens (including phenoxy) is 1. The maximum atomic E-state index is 12.3. The van der Waals surface area contributed by atoms with Crippen molar-refractivity contribution < 1.29 is 9.53 Å². The molecule has 5 nitrogen and oxygen atoms in total. The van der Waals surface area contributed by atoms with E-state index in [4.69, 9.17) is 17.0 Å². The van der Waals surface area contributed by atoms with Gasteiger partial charge >= 0.3 is 0 Å². The third-order valence-corrected chi connectivity index (χ3v) is 5.74. The summed E-state index contributed by atoms with van der Waals surface area (Å²) in [4.78, 5) is 14.7. The Morgan fingerprint density at radius 3 is 2.66 bits per heavy atom. The van der Waals surface area contributed by atoms with Crippen molar-refractivity contribution in [3.63, 3.8) is 0 Å². The number of anilines is 2. The number of thiocarbonyl (C=S) groups is 1. The van der Waals surface area contributed by atoms with E-state index in [2.05, 4.69) is 53.5 Å². The minimum Gasteiger partial charge on any atom is -0.495 e. The molecule has 1 amide bonds. The molecule has 1 heterocycles. The van der Waals surface area contributed by atoms with Crippen LogP contribution in [0.5, 0.6) is 5.75 Å². The number of benzene rings is 2. The molecule has 1 saturated heterocycles. The summed E-state index contributed by atoms with van der Waals surface area (Å²) in [5.41, 5.74) is 2.75. The normalized spacial score (nSPS) is 13.6. The number of rotatable bonds is 5. The van der Waals surface area contributed by atoms with Crippen LogP contribution in [0.25, 0.3) is 6.08 Å². The highest BCUT2D eigenvalue weighted by Gasteiger charge is 2.16. The third-order valence-electron chi connectivity index (χ3n) is 4.49. The molecular weight excluding hydrogens is 518 g/mol. The summed E-state index contributed by atoms with van der Waals surface area (Å²) in [6.45, 7) is 2.06. The predicted molar refractivity (Wildman–Crippen MR) is 130 cm³/mol. The van der Waals surface area contributed by atoms with E-state index in [0.717, 1.165) is 39.0 Å². The monoisotopic (exact) mass is 537 g/mol. The van der Waals surface area contributed by atoms with Crippen molar-refractivity contribution in [2.24, 2.45) is 0 Å². The lowest BCUT2D eigenvalue weighted by atomic mass is 10.2. The second-order valence-electron chi connectivity index (χ2n) is 6.50. The molecule has 8 heteroatoms. The molecule has 1 fully saturated rings. The van der Waals surface area contributed by atoms with Crippen molar-refractivity contribution in [3.05, 3.63) is 57.0 Å². The number of carbonyl (C=O) groups excluding carboxylic acids is 1. The lowest BCUT2D eigenvalue weighted by molar-refractivity contribution is -0.115. The van der Waals surface area contributed by atoms with E-state index in [-0.39, 0.29) is 11.0 Å². The number of amides is 1. The molecular formula is C21H21Br2N3O2S. The van der Waals surface area contributed by atoms with Crippen molar-refractivity contribution >= 4 is 72.5 Å². The Morgan fingerprint density at radius 1 is 1.21 bits per heavy atom. The first-order valence-electron chi connectivity index (χ1n) is 9.15. The number of nitrogens with zero attached hydrogens (tertiary/aromatic N) is 1. The second-order valence-corrected chi connectivity index (χ2v) is 8.68. The highest BCUT2D eigenvalue weighted by Crippen LogP contribution is 2.33. The van der Waals surface area contributed by atoms with Gasteiger partial charge in [0.05, 0.1) is 23.0 Å². The Bertz CT molecular complexity index is 944. The third kappa shape index (κ3) is 5.81. The van der Waals surface area contributed by atoms with E-state index in [1.165, 1.54) is 18.9 Å². The number of para-hydroxylation sites is 2. The number of methoxy groups -OCH3 is 1. The first kappa shape index (κ1) is 21.8. The van der Waals surface area contributed by atoms with Gasteiger partial charge < -0.3 is 15.0 Å². The molecule has 2 N–H and O–H groups in total. The van der Waals surface area contributed by atoms with Gasteiger partial charge in [-0.2, -0.15) is 0 Å². The molecule has 0 unspecified atom stereocenters. The number of hydrogen-bond donors (Lipinski definition) is 2. The number of carbonyl (C=O) groups is 1. The van der Waals surface area contributed by atoms with Crippen molar-refractivity contribution in [2.75, 3.05) is 30.4 Å². The minimum absolute atomic E-state index is 0.258. The Morgan fingerprint density at radius 2 is 1.93 bits per heavy atom. The zero-order valence-electron chi connectivity index (χ0n) is 15.9. The smallest absolute Gasteiger partial charge is 0.250 e. The molecule has 1 aliphatic rings. The number of nitrogens with one attached hydrogen (secondary N) is 2. The average molecular weight is 539 g/mol. The molecule has 29 heavy (non-hydrogen) atoms. The van der Waals surface area contributed by atoms with E-state index in [9.17, 15) is 4.79 Å². The molecule has 2 aromatic rings. The van der Waals surface area contributed by atoms with Gasteiger partial charge in [0.25, 0.3) is 0 Å². The highest BCUT2D eigenvalue weighted by atomic mass is 79.9. The fraction of sp³-hybridized carbons (Fsp3) is 0.238. The summed E-state index contributed by atoms with van der Waals surface area (Å²) in [7, 11) is 1.59. The van der Waals surface area contributed by atoms with Gasteiger partial charge in [0.15, 0.2) is 5.11 Å². The second kappa shape index (κ2) is 10.2. The van der Waals surface area contributed by atoms with Crippen molar-refractivity contribution in [3.8, 4) is 5.75 Å². The molecule has 1 aliphatic heterocycles. The van der Waals surface area contributed by atoms with Crippen LogP contribution in [0, 0.1) is 0 Å². The van der Waals surface area contributed by atoms with Gasteiger partial charge in [-0.25, -0.2) is 0 Å². The van der Waals surface area contributed by atoms with Crippen LogP contribution in [0.15, 0.2) is 51.4 Å². The predicted octanol–water partition coefficient (Wildman–Crippen LogP) is 5.35. The molecule has 0 aromatic heterocycles. The van der Waals surface area contributed by atoms with Crippen LogP contribution in [0.4, 0.5) is 11.4 Å². The van der Waals surface area contributed by atoms with Crippen molar-refractivity contribution in [1.82, 2.24) is 5.32 Å². The van der Waals surface area contributed by atoms with E-state index in [0.29, 0.717) is 5.75 Å². The molecule has 0 spiro atoms. The molecule has 152 valence electrons. The van der Waals surface area contributed by atoms with Crippen LogP contribution >= 0.6 is 44.1 Å². The molecule has 0 radical (unpaired) electrons. The summed E-state index contributed by atoms with van der Waals surface area (Å²) in [5, 5.41) is 6.09. The Labute approximate surface area is 192 Å². The van der Waals surface area contributed by atoms with Gasteiger partial charge in [-0.3, -0.25) is 10.1 Å². The molecule has 0 saturated carbocycles. The first-order chi connectivity index (χ1) is 14.0. The summed E-state index contributed by atoms with van der Waals surface area (Å²) in [6.07, 6.45) is 5.49. The molecule has 3 rings (SSSR count). The lowest BCUT2D eigenvalue weighted by Crippen LogP contribution is -2.33. The van der Waals surface area contributed by atoms with Gasteiger partial charge in [0.2, 0.25) is 5.91 Å². The molecule has 2 aromatic carbocycles. The summed E-state index contributed by atoms with van der Waals surface area (Å²) in [5.74, 6) is 0.330. The first-order valence-corrected chi connectivity index (χ1v) is 11.1.